The molecule has 0 bridgehead atoms. The average molecular weight is 284 g/mol. The molecule has 1 aromatic carbocycles. The fourth-order valence-electron chi connectivity index (χ4n) is 1.83. The number of halogens is 1. The zero-order valence-electron chi connectivity index (χ0n) is 8.74. The molecule has 2 rings (SSSR count). The van der Waals surface area contributed by atoms with Crippen LogP contribution < -0.4 is 0 Å². The van der Waals surface area contributed by atoms with E-state index in [1.54, 1.807) is 11.8 Å². The second-order valence-electron chi connectivity index (χ2n) is 3.69. The van der Waals surface area contributed by atoms with Crippen LogP contribution in [-0.2, 0) is 0 Å². The highest BCUT2D eigenvalue weighted by Crippen LogP contribution is 2.30. The molecule has 3 heteroatoms. The molecule has 1 aliphatic heterocycles. The molecule has 15 heavy (non-hydrogen) atoms. The zero-order valence-corrected chi connectivity index (χ0v) is 11.1. The van der Waals surface area contributed by atoms with Crippen molar-refractivity contribution in [1.29, 1.82) is 0 Å². The Morgan fingerprint density at radius 2 is 2.07 bits per heavy atom. The van der Waals surface area contributed by atoms with E-state index in [4.69, 9.17) is 4.99 Å². The minimum absolute atomic E-state index is 0.384. The Balaban J connectivity index is 2.20. The van der Waals surface area contributed by atoms with Crippen molar-refractivity contribution in [2.24, 2.45) is 4.99 Å². The molecule has 0 fully saturated rings. The second-order valence-corrected chi connectivity index (χ2v) is 5.48. The normalized spacial score (nSPS) is 21.2. The predicted octanol–water partition coefficient (Wildman–Crippen LogP) is 4.44. The van der Waals surface area contributed by atoms with Crippen LogP contribution in [0.5, 0.6) is 0 Å². The van der Waals surface area contributed by atoms with Gasteiger partial charge in [-0.1, -0.05) is 28.1 Å². The molecule has 0 aromatic heterocycles. The SMILES string of the molecule is CSC1=NC(c2ccc(Br)cc2)CCC1. The van der Waals surface area contributed by atoms with Gasteiger partial charge in [0, 0.05) is 4.47 Å². The summed E-state index contributed by atoms with van der Waals surface area (Å²) in [5.41, 5.74) is 1.34. The lowest BCUT2D eigenvalue weighted by Crippen LogP contribution is -2.07. The smallest absolute Gasteiger partial charge is 0.0758 e. The highest BCUT2D eigenvalue weighted by atomic mass is 79.9. The van der Waals surface area contributed by atoms with Gasteiger partial charge in [0.25, 0.3) is 0 Å². The molecule has 0 N–H and O–H groups in total. The summed E-state index contributed by atoms with van der Waals surface area (Å²) in [6.07, 6.45) is 5.73. The average Bonchev–Trinajstić information content (AvgIpc) is 2.30. The van der Waals surface area contributed by atoms with Gasteiger partial charge >= 0.3 is 0 Å². The summed E-state index contributed by atoms with van der Waals surface area (Å²) in [6, 6.07) is 8.91. The number of hydrogen-bond donors (Lipinski definition) is 0. The summed E-state index contributed by atoms with van der Waals surface area (Å²) in [4.78, 5) is 4.76. The monoisotopic (exact) mass is 283 g/mol. The third-order valence-electron chi connectivity index (χ3n) is 2.66. The van der Waals surface area contributed by atoms with Crippen molar-refractivity contribution in [3.8, 4) is 0 Å². The van der Waals surface area contributed by atoms with Crippen molar-refractivity contribution in [3.05, 3.63) is 34.3 Å². The first-order valence-electron chi connectivity index (χ1n) is 5.16. The molecule has 1 unspecified atom stereocenters. The molecule has 0 spiro atoms. The molecule has 0 aliphatic carbocycles. The molecule has 0 saturated heterocycles. The molecule has 80 valence electrons. The third kappa shape index (κ3) is 2.85. The Morgan fingerprint density at radius 3 is 2.73 bits per heavy atom. The summed E-state index contributed by atoms with van der Waals surface area (Å²) in [6.45, 7) is 0. The Bertz CT molecular complexity index is 358. The van der Waals surface area contributed by atoms with E-state index in [0.717, 1.165) is 10.9 Å². The molecule has 1 nitrogen and oxygen atoms in total. The highest BCUT2D eigenvalue weighted by molar-refractivity contribution is 9.10. The van der Waals surface area contributed by atoms with Crippen LogP contribution in [-0.4, -0.2) is 11.3 Å². The van der Waals surface area contributed by atoms with E-state index in [9.17, 15) is 0 Å². The van der Waals surface area contributed by atoms with Crippen molar-refractivity contribution >= 4 is 32.7 Å². The van der Waals surface area contributed by atoms with Gasteiger partial charge in [0.1, 0.15) is 0 Å². The van der Waals surface area contributed by atoms with Gasteiger partial charge in [0.05, 0.1) is 11.1 Å². The van der Waals surface area contributed by atoms with Gasteiger partial charge < -0.3 is 0 Å². The van der Waals surface area contributed by atoms with E-state index < -0.39 is 0 Å². The molecule has 1 aliphatic rings. The molecular weight excluding hydrogens is 270 g/mol. The molecule has 0 saturated carbocycles. The van der Waals surface area contributed by atoms with Gasteiger partial charge in [0.15, 0.2) is 0 Å². The number of thioether (sulfide) groups is 1. The molecule has 0 radical (unpaired) electrons. The maximum Gasteiger partial charge on any atom is 0.0758 e. The molecule has 1 aromatic rings. The summed E-state index contributed by atoms with van der Waals surface area (Å²) in [5.74, 6) is 0. The standard InChI is InChI=1S/C12H14BrNS/c1-15-12-4-2-3-11(14-12)9-5-7-10(13)8-6-9/h5-8,11H,2-4H2,1H3. The summed E-state index contributed by atoms with van der Waals surface area (Å²) in [7, 11) is 0. The summed E-state index contributed by atoms with van der Waals surface area (Å²) in [5, 5.41) is 1.30. The zero-order chi connectivity index (χ0) is 10.7. The van der Waals surface area contributed by atoms with Crippen molar-refractivity contribution in [2.75, 3.05) is 6.26 Å². The second kappa shape index (κ2) is 5.17. The lowest BCUT2D eigenvalue weighted by atomic mass is 10.00. The van der Waals surface area contributed by atoms with E-state index in [1.165, 1.54) is 23.4 Å². The first-order chi connectivity index (χ1) is 7.29. The number of rotatable bonds is 1. The Morgan fingerprint density at radius 1 is 1.33 bits per heavy atom. The number of hydrogen-bond acceptors (Lipinski definition) is 2. The molecule has 0 amide bonds. The predicted molar refractivity (Wildman–Crippen MR) is 71.7 cm³/mol. The van der Waals surface area contributed by atoms with Crippen molar-refractivity contribution in [1.82, 2.24) is 0 Å². The fraction of sp³-hybridized carbons (Fsp3) is 0.417. The van der Waals surface area contributed by atoms with Crippen LogP contribution in [0.3, 0.4) is 0 Å². The first kappa shape index (κ1) is 11.2. The van der Waals surface area contributed by atoms with E-state index in [2.05, 4.69) is 46.5 Å². The maximum absolute atomic E-state index is 4.76. The Hall–Kier alpha value is -0.280. The minimum Gasteiger partial charge on any atom is -0.275 e. The largest absolute Gasteiger partial charge is 0.275 e. The molecular formula is C12H14BrNS. The molecule has 1 atom stereocenters. The number of nitrogens with zero attached hydrogens (tertiary/aromatic N) is 1. The van der Waals surface area contributed by atoms with Crippen LogP contribution >= 0.6 is 27.7 Å². The van der Waals surface area contributed by atoms with Crippen LogP contribution in [0.1, 0.15) is 30.9 Å². The Kier molecular flexibility index (Phi) is 3.87. The number of benzene rings is 1. The van der Waals surface area contributed by atoms with E-state index in [0.29, 0.717) is 6.04 Å². The molecule has 1 heterocycles. The van der Waals surface area contributed by atoms with Crippen molar-refractivity contribution < 1.29 is 0 Å². The third-order valence-corrected chi connectivity index (χ3v) is 3.97. The van der Waals surface area contributed by atoms with Gasteiger partial charge in [-0.15, -0.1) is 11.8 Å². The number of aliphatic imine (C=N–C) groups is 1. The van der Waals surface area contributed by atoms with Gasteiger partial charge in [-0.2, -0.15) is 0 Å². The quantitative estimate of drug-likeness (QED) is 0.743. The minimum atomic E-state index is 0.384. The maximum atomic E-state index is 4.76. The Labute approximate surface area is 104 Å². The van der Waals surface area contributed by atoms with Crippen molar-refractivity contribution in [2.45, 2.75) is 25.3 Å². The lowest BCUT2D eigenvalue weighted by Gasteiger charge is -2.19. The van der Waals surface area contributed by atoms with Gasteiger partial charge in [-0.05, 0) is 43.2 Å². The van der Waals surface area contributed by atoms with Gasteiger partial charge in [0.2, 0.25) is 0 Å². The lowest BCUT2D eigenvalue weighted by molar-refractivity contribution is 0.601. The highest BCUT2D eigenvalue weighted by Gasteiger charge is 2.15. The van der Waals surface area contributed by atoms with Gasteiger partial charge in [-0.3, -0.25) is 4.99 Å². The van der Waals surface area contributed by atoms with E-state index in [-0.39, 0.29) is 0 Å². The first-order valence-corrected chi connectivity index (χ1v) is 7.17. The summed E-state index contributed by atoms with van der Waals surface area (Å²) < 4.78 is 1.14. The topological polar surface area (TPSA) is 12.4 Å². The van der Waals surface area contributed by atoms with Crippen LogP contribution in [0, 0.1) is 0 Å². The van der Waals surface area contributed by atoms with Crippen molar-refractivity contribution in [3.63, 3.8) is 0 Å². The van der Waals surface area contributed by atoms with Crippen LogP contribution in [0.15, 0.2) is 33.7 Å². The van der Waals surface area contributed by atoms with E-state index in [1.807, 2.05) is 0 Å². The summed E-state index contributed by atoms with van der Waals surface area (Å²) >= 11 is 5.24. The van der Waals surface area contributed by atoms with Crippen LogP contribution in [0.4, 0.5) is 0 Å². The van der Waals surface area contributed by atoms with Crippen LogP contribution in [0.2, 0.25) is 0 Å². The van der Waals surface area contributed by atoms with E-state index >= 15 is 0 Å². The van der Waals surface area contributed by atoms with Crippen LogP contribution in [0.25, 0.3) is 0 Å². The van der Waals surface area contributed by atoms with Gasteiger partial charge in [-0.25, -0.2) is 0 Å². The fourth-order valence-corrected chi connectivity index (χ4v) is 2.68.